The van der Waals surface area contributed by atoms with Gasteiger partial charge >= 0.3 is 0 Å². The third-order valence-electron chi connectivity index (χ3n) is 4.29. The Bertz CT molecular complexity index is 425. The Hall–Kier alpha value is -0.860. The van der Waals surface area contributed by atoms with Crippen LogP contribution in [0.1, 0.15) is 64.1 Å². The number of benzene rings is 1. The maximum atomic E-state index is 5.59. The van der Waals surface area contributed by atoms with Crippen molar-refractivity contribution in [3.63, 3.8) is 0 Å². The minimum atomic E-state index is 0.315. The summed E-state index contributed by atoms with van der Waals surface area (Å²) in [4.78, 5) is 0. The lowest BCUT2D eigenvalue weighted by molar-refractivity contribution is 0.0765. The van der Waals surface area contributed by atoms with Crippen LogP contribution >= 0.6 is 0 Å². The van der Waals surface area contributed by atoms with Gasteiger partial charge in [0.25, 0.3) is 0 Å². The van der Waals surface area contributed by atoms with E-state index in [-0.39, 0.29) is 0 Å². The molecule has 1 aromatic carbocycles. The van der Waals surface area contributed by atoms with Gasteiger partial charge in [0, 0.05) is 12.6 Å². The van der Waals surface area contributed by atoms with E-state index in [1.165, 1.54) is 24.0 Å². The fourth-order valence-electron chi connectivity index (χ4n) is 3.09. The lowest BCUT2D eigenvalue weighted by Gasteiger charge is -2.37. The molecule has 0 saturated carbocycles. The van der Waals surface area contributed by atoms with Gasteiger partial charge in [-0.15, -0.1) is 0 Å². The van der Waals surface area contributed by atoms with Crippen LogP contribution in [-0.4, -0.2) is 19.3 Å². The summed E-state index contributed by atoms with van der Waals surface area (Å²) in [5.41, 5.74) is 3.32. The maximum absolute atomic E-state index is 5.59. The fraction of sp³-hybridized carbons (Fsp3) is 0.667. The molecule has 112 valence electrons. The summed E-state index contributed by atoms with van der Waals surface area (Å²) in [6.45, 7) is 10.8. The second kappa shape index (κ2) is 6.73. The lowest BCUT2D eigenvalue weighted by Crippen LogP contribution is -2.33. The third kappa shape index (κ3) is 3.83. The van der Waals surface area contributed by atoms with Crippen molar-refractivity contribution in [2.24, 2.45) is 0 Å². The van der Waals surface area contributed by atoms with E-state index in [9.17, 15) is 0 Å². The van der Waals surface area contributed by atoms with Crippen LogP contribution in [0.25, 0.3) is 0 Å². The Morgan fingerprint density at radius 2 is 2.05 bits per heavy atom. The third-order valence-corrected chi connectivity index (χ3v) is 4.29. The van der Waals surface area contributed by atoms with E-state index in [1.807, 2.05) is 0 Å². The Morgan fingerprint density at radius 3 is 2.80 bits per heavy atom. The molecule has 1 aliphatic rings. The summed E-state index contributed by atoms with van der Waals surface area (Å²) in [6.07, 6.45) is 3.91. The summed E-state index contributed by atoms with van der Waals surface area (Å²) < 4.78 is 5.59. The van der Waals surface area contributed by atoms with Gasteiger partial charge in [-0.3, -0.25) is 0 Å². The zero-order valence-corrected chi connectivity index (χ0v) is 13.4. The van der Waals surface area contributed by atoms with Gasteiger partial charge in [0.15, 0.2) is 0 Å². The molecule has 2 nitrogen and oxygen atoms in total. The molecule has 1 N–H and O–H groups in total. The molecule has 0 aliphatic heterocycles. The molecule has 1 aromatic rings. The Balaban J connectivity index is 1.91. The molecule has 0 spiro atoms. The second-order valence-corrected chi connectivity index (χ2v) is 6.79. The molecule has 20 heavy (non-hydrogen) atoms. The quantitative estimate of drug-likeness (QED) is 0.785. The van der Waals surface area contributed by atoms with Crippen molar-refractivity contribution in [3.8, 4) is 0 Å². The van der Waals surface area contributed by atoms with E-state index >= 15 is 0 Å². The van der Waals surface area contributed by atoms with Crippen molar-refractivity contribution in [2.45, 2.75) is 64.5 Å². The van der Waals surface area contributed by atoms with Gasteiger partial charge in [0.05, 0.1) is 6.10 Å². The minimum Gasteiger partial charge on any atom is -0.379 e. The molecular weight excluding hydrogens is 246 g/mol. The predicted molar refractivity (Wildman–Crippen MR) is 85.2 cm³/mol. The zero-order valence-electron chi connectivity index (χ0n) is 13.4. The molecule has 1 atom stereocenters. The van der Waals surface area contributed by atoms with Crippen molar-refractivity contribution in [2.75, 3.05) is 13.2 Å². The average Bonchev–Trinajstić information content (AvgIpc) is 2.41. The molecule has 0 saturated heterocycles. The van der Waals surface area contributed by atoms with E-state index in [1.54, 1.807) is 0 Å². The Kier molecular flexibility index (Phi) is 5.22. The molecule has 0 bridgehead atoms. The summed E-state index contributed by atoms with van der Waals surface area (Å²) >= 11 is 0. The van der Waals surface area contributed by atoms with Crippen molar-refractivity contribution >= 4 is 0 Å². The van der Waals surface area contributed by atoms with Crippen LogP contribution < -0.4 is 5.32 Å². The number of ether oxygens (including phenoxy) is 1. The van der Waals surface area contributed by atoms with Gasteiger partial charge in [0.2, 0.25) is 0 Å². The largest absolute Gasteiger partial charge is 0.379 e. The average molecular weight is 275 g/mol. The molecule has 2 rings (SSSR count). The van der Waals surface area contributed by atoms with Crippen LogP contribution in [0.5, 0.6) is 0 Å². The first-order chi connectivity index (χ1) is 9.50. The highest BCUT2D eigenvalue weighted by molar-refractivity contribution is 5.38. The van der Waals surface area contributed by atoms with E-state index in [4.69, 9.17) is 4.74 Å². The normalized spacial score (nSPS) is 20.9. The topological polar surface area (TPSA) is 21.3 Å². The van der Waals surface area contributed by atoms with Crippen LogP contribution in [0.3, 0.4) is 0 Å². The predicted octanol–water partition coefficient (Wildman–Crippen LogP) is 4.20. The summed E-state index contributed by atoms with van der Waals surface area (Å²) in [5, 5.41) is 3.71. The zero-order chi connectivity index (χ0) is 14.6. The Labute approximate surface area is 123 Å². The van der Waals surface area contributed by atoms with Crippen LogP contribution in [0.15, 0.2) is 24.3 Å². The van der Waals surface area contributed by atoms with E-state index in [0.29, 0.717) is 17.6 Å². The van der Waals surface area contributed by atoms with Gasteiger partial charge in [0.1, 0.15) is 0 Å². The Morgan fingerprint density at radius 1 is 1.30 bits per heavy atom. The molecule has 0 fully saturated rings. The monoisotopic (exact) mass is 275 g/mol. The van der Waals surface area contributed by atoms with Gasteiger partial charge in [-0.1, -0.05) is 38.1 Å². The van der Waals surface area contributed by atoms with Gasteiger partial charge in [-0.2, -0.15) is 0 Å². The minimum absolute atomic E-state index is 0.315. The first kappa shape index (κ1) is 15.5. The smallest absolute Gasteiger partial charge is 0.0518 e. The standard InChI is InChI=1S/C18H29NO/c1-14(2)20-13-7-12-19-17-10-11-18(3,4)16-9-6-5-8-15(16)17/h5-6,8-9,14,17,19H,7,10-13H2,1-4H3. The second-order valence-electron chi connectivity index (χ2n) is 6.79. The fourth-order valence-corrected chi connectivity index (χ4v) is 3.09. The van der Waals surface area contributed by atoms with Crippen molar-refractivity contribution in [1.82, 2.24) is 5.32 Å². The maximum Gasteiger partial charge on any atom is 0.0518 e. The van der Waals surface area contributed by atoms with Crippen LogP contribution in [0, 0.1) is 0 Å². The summed E-state index contributed by atoms with van der Waals surface area (Å²) in [7, 11) is 0. The van der Waals surface area contributed by atoms with Gasteiger partial charge < -0.3 is 10.1 Å². The molecule has 0 amide bonds. The highest BCUT2D eigenvalue weighted by atomic mass is 16.5. The highest BCUT2D eigenvalue weighted by Gasteiger charge is 2.31. The summed E-state index contributed by atoms with van der Waals surface area (Å²) in [6, 6.07) is 9.43. The van der Waals surface area contributed by atoms with Gasteiger partial charge in [-0.05, 0) is 56.2 Å². The molecule has 0 heterocycles. The van der Waals surface area contributed by atoms with Crippen molar-refractivity contribution in [1.29, 1.82) is 0 Å². The van der Waals surface area contributed by atoms with Crippen LogP contribution in [0.2, 0.25) is 0 Å². The first-order valence-corrected chi connectivity index (χ1v) is 7.95. The molecular formula is C18H29NO. The van der Waals surface area contributed by atoms with Gasteiger partial charge in [-0.25, -0.2) is 0 Å². The van der Waals surface area contributed by atoms with E-state index in [2.05, 4.69) is 57.3 Å². The molecule has 0 aromatic heterocycles. The van der Waals surface area contributed by atoms with Crippen molar-refractivity contribution < 1.29 is 4.74 Å². The number of hydrogen-bond donors (Lipinski definition) is 1. The first-order valence-electron chi connectivity index (χ1n) is 7.95. The molecule has 2 heteroatoms. The lowest BCUT2D eigenvalue weighted by atomic mass is 9.71. The SMILES string of the molecule is CC(C)OCCCNC1CCC(C)(C)c2ccccc21. The van der Waals surface area contributed by atoms with E-state index in [0.717, 1.165) is 19.6 Å². The highest BCUT2D eigenvalue weighted by Crippen LogP contribution is 2.41. The van der Waals surface area contributed by atoms with Crippen LogP contribution in [0.4, 0.5) is 0 Å². The number of rotatable bonds is 6. The van der Waals surface area contributed by atoms with Crippen LogP contribution in [-0.2, 0) is 10.2 Å². The number of hydrogen-bond acceptors (Lipinski definition) is 2. The van der Waals surface area contributed by atoms with E-state index < -0.39 is 0 Å². The van der Waals surface area contributed by atoms with Crippen molar-refractivity contribution in [3.05, 3.63) is 35.4 Å². The molecule has 0 radical (unpaired) electrons. The summed E-state index contributed by atoms with van der Waals surface area (Å²) in [5.74, 6) is 0. The molecule has 1 aliphatic carbocycles. The number of nitrogens with one attached hydrogen (secondary N) is 1. The molecule has 1 unspecified atom stereocenters. The number of fused-ring (bicyclic) bond motifs is 1.